The molecule has 0 unspecified atom stereocenters. The number of nitrogens with two attached hydrogens (primary N) is 1. The quantitative estimate of drug-likeness (QED) is 0.787. The third-order valence-corrected chi connectivity index (χ3v) is 3.90. The molecule has 0 amide bonds. The van der Waals surface area contributed by atoms with Gasteiger partial charge in [-0.25, -0.2) is 4.79 Å². The Labute approximate surface area is 147 Å². The number of anilines is 2. The first-order chi connectivity index (χ1) is 11.8. The zero-order valence-electron chi connectivity index (χ0n) is 15.2. The van der Waals surface area contributed by atoms with Crippen LogP contribution in [0.1, 0.15) is 34.7 Å². The summed E-state index contributed by atoms with van der Waals surface area (Å²) < 4.78 is 4.71. The molecule has 0 saturated carbocycles. The molecule has 2 N–H and O–H groups in total. The first-order valence-corrected chi connectivity index (χ1v) is 7.88. The largest absolute Gasteiger partial charge is 0.465 e. The lowest BCUT2D eigenvalue weighted by Crippen LogP contribution is -2.25. The summed E-state index contributed by atoms with van der Waals surface area (Å²) in [6.07, 6.45) is 0. The van der Waals surface area contributed by atoms with Gasteiger partial charge in [0.1, 0.15) is 0 Å². The summed E-state index contributed by atoms with van der Waals surface area (Å²) in [6.45, 7) is 2.68. The van der Waals surface area contributed by atoms with Gasteiger partial charge in [0.2, 0.25) is 11.9 Å². The van der Waals surface area contributed by atoms with Crippen molar-refractivity contribution in [2.45, 2.75) is 19.5 Å². The van der Waals surface area contributed by atoms with Crippen LogP contribution in [0.2, 0.25) is 0 Å². The van der Waals surface area contributed by atoms with Gasteiger partial charge in [0.25, 0.3) is 0 Å². The molecule has 0 aliphatic rings. The van der Waals surface area contributed by atoms with Gasteiger partial charge >= 0.3 is 5.97 Å². The minimum absolute atomic E-state index is 0.0516. The van der Waals surface area contributed by atoms with E-state index in [0.29, 0.717) is 23.9 Å². The number of aromatic nitrogens is 3. The fraction of sp³-hybridized carbons (Fsp3) is 0.412. The van der Waals surface area contributed by atoms with E-state index in [9.17, 15) is 4.79 Å². The Kier molecular flexibility index (Phi) is 5.87. The molecule has 8 heteroatoms. The summed E-state index contributed by atoms with van der Waals surface area (Å²) in [7, 11) is 7.06. The Balaban J connectivity index is 2.12. The summed E-state index contributed by atoms with van der Waals surface area (Å²) in [5.74, 6) is 1.01. The molecule has 0 aliphatic heterocycles. The van der Waals surface area contributed by atoms with Crippen LogP contribution in [0.15, 0.2) is 24.3 Å². The molecule has 0 radical (unpaired) electrons. The highest BCUT2D eigenvalue weighted by atomic mass is 16.5. The fourth-order valence-corrected chi connectivity index (χ4v) is 2.27. The highest BCUT2D eigenvalue weighted by molar-refractivity contribution is 5.89. The lowest BCUT2D eigenvalue weighted by Gasteiger charge is -2.24. The first-order valence-electron chi connectivity index (χ1n) is 7.88. The van der Waals surface area contributed by atoms with Crippen molar-refractivity contribution < 1.29 is 9.53 Å². The van der Waals surface area contributed by atoms with Gasteiger partial charge < -0.3 is 15.4 Å². The van der Waals surface area contributed by atoms with Crippen molar-refractivity contribution in [1.82, 2.24) is 19.9 Å². The molecule has 134 valence electrons. The molecule has 2 rings (SSSR count). The van der Waals surface area contributed by atoms with Crippen molar-refractivity contribution in [3.8, 4) is 0 Å². The maximum Gasteiger partial charge on any atom is 0.337 e. The van der Waals surface area contributed by atoms with E-state index in [1.165, 1.54) is 7.11 Å². The molecule has 0 fully saturated rings. The van der Waals surface area contributed by atoms with Crippen LogP contribution >= 0.6 is 0 Å². The van der Waals surface area contributed by atoms with E-state index >= 15 is 0 Å². The average molecular weight is 344 g/mol. The highest BCUT2D eigenvalue weighted by Gasteiger charge is 2.18. The summed E-state index contributed by atoms with van der Waals surface area (Å²) in [4.78, 5) is 28.2. The monoisotopic (exact) mass is 344 g/mol. The Morgan fingerprint density at radius 2 is 1.80 bits per heavy atom. The lowest BCUT2D eigenvalue weighted by atomic mass is 10.1. The predicted molar refractivity (Wildman–Crippen MR) is 96.2 cm³/mol. The minimum Gasteiger partial charge on any atom is -0.465 e. The van der Waals surface area contributed by atoms with Gasteiger partial charge in [0, 0.05) is 20.6 Å². The second-order valence-corrected chi connectivity index (χ2v) is 6.03. The van der Waals surface area contributed by atoms with E-state index in [-0.39, 0.29) is 18.0 Å². The summed E-state index contributed by atoms with van der Waals surface area (Å²) >= 11 is 0. The molecule has 1 aromatic heterocycles. The van der Waals surface area contributed by atoms with Crippen molar-refractivity contribution in [1.29, 1.82) is 0 Å². The molecular weight excluding hydrogens is 320 g/mol. The van der Waals surface area contributed by atoms with Crippen molar-refractivity contribution in [2.24, 2.45) is 0 Å². The van der Waals surface area contributed by atoms with Gasteiger partial charge in [-0.3, -0.25) is 4.90 Å². The Morgan fingerprint density at radius 1 is 1.16 bits per heavy atom. The second-order valence-electron chi connectivity index (χ2n) is 6.03. The van der Waals surface area contributed by atoms with Crippen LogP contribution in [0.3, 0.4) is 0 Å². The lowest BCUT2D eigenvalue weighted by molar-refractivity contribution is 0.0600. The Bertz CT molecular complexity index is 732. The molecule has 0 aliphatic carbocycles. The molecule has 0 spiro atoms. The second kappa shape index (κ2) is 7.89. The molecular formula is C17H24N6O2. The number of hydrogen-bond acceptors (Lipinski definition) is 8. The summed E-state index contributed by atoms with van der Waals surface area (Å²) in [5, 5.41) is 0. The van der Waals surface area contributed by atoms with E-state index < -0.39 is 0 Å². The van der Waals surface area contributed by atoms with Crippen LogP contribution in [0.4, 0.5) is 11.9 Å². The van der Waals surface area contributed by atoms with E-state index in [2.05, 4.69) is 19.9 Å². The zero-order valence-corrected chi connectivity index (χ0v) is 15.2. The van der Waals surface area contributed by atoms with Crippen LogP contribution in [0.5, 0.6) is 0 Å². The molecule has 0 saturated heterocycles. The third-order valence-electron chi connectivity index (χ3n) is 3.90. The molecule has 0 bridgehead atoms. The molecule has 1 atom stereocenters. The molecule has 1 heterocycles. The summed E-state index contributed by atoms with van der Waals surface area (Å²) in [5.41, 5.74) is 7.39. The van der Waals surface area contributed by atoms with Crippen molar-refractivity contribution in [2.75, 3.05) is 38.9 Å². The van der Waals surface area contributed by atoms with Crippen LogP contribution in [0.25, 0.3) is 0 Å². The van der Waals surface area contributed by atoms with Crippen molar-refractivity contribution in [3.63, 3.8) is 0 Å². The van der Waals surface area contributed by atoms with E-state index in [1.807, 2.05) is 40.2 Å². The number of carbonyl (C=O) groups is 1. The summed E-state index contributed by atoms with van der Waals surface area (Å²) in [6, 6.07) is 7.27. The predicted octanol–water partition coefficient (Wildman–Crippen LogP) is 1.50. The van der Waals surface area contributed by atoms with Crippen molar-refractivity contribution >= 4 is 17.9 Å². The zero-order chi connectivity index (χ0) is 18.6. The average Bonchev–Trinajstić information content (AvgIpc) is 2.60. The number of methoxy groups -OCH3 is 1. The van der Waals surface area contributed by atoms with Crippen LogP contribution < -0.4 is 10.6 Å². The van der Waals surface area contributed by atoms with Gasteiger partial charge in [-0.05, 0) is 31.7 Å². The maximum atomic E-state index is 11.5. The molecule has 1 aromatic carbocycles. The maximum absolute atomic E-state index is 11.5. The highest BCUT2D eigenvalue weighted by Crippen LogP contribution is 2.20. The van der Waals surface area contributed by atoms with Gasteiger partial charge in [0.05, 0.1) is 18.7 Å². The smallest absolute Gasteiger partial charge is 0.337 e. The topological polar surface area (TPSA) is 97.5 Å². The number of hydrogen-bond donors (Lipinski definition) is 1. The SMILES string of the molecule is COC(=O)c1ccc(CN(C)[C@@H](C)c2nc(N)nc(N(C)C)n2)cc1. The van der Waals surface area contributed by atoms with Crippen LogP contribution in [-0.2, 0) is 11.3 Å². The first kappa shape index (κ1) is 18.6. The standard InChI is InChI=1S/C17H24N6O2/c1-11(14-19-16(18)21-17(20-14)22(2)3)23(4)10-12-6-8-13(9-7-12)15(24)25-5/h6-9,11H,10H2,1-5H3,(H2,18,19,20,21)/t11-/m0/s1. The fourth-order valence-electron chi connectivity index (χ4n) is 2.27. The number of benzene rings is 1. The normalized spacial score (nSPS) is 12.1. The van der Waals surface area contributed by atoms with Crippen LogP contribution in [0, 0.1) is 0 Å². The molecule has 25 heavy (non-hydrogen) atoms. The Morgan fingerprint density at radius 3 is 2.36 bits per heavy atom. The van der Waals surface area contributed by atoms with Gasteiger partial charge in [-0.2, -0.15) is 15.0 Å². The minimum atomic E-state index is -0.342. The number of nitrogens with zero attached hydrogens (tertiary/aromatic N) is 5. The van der Waals surface area contributed by atoms with E-state index in [0.717, 1.165) is 5.56 Å². The molecule has 2 aromatic rings. The number of nitrogen functional groups attached to an aromatic ring is 1. The molecule has 8 nitrogen and oxygen atoms in total. The van der Waals surface area contributed by atoms with Gasteiger partial charge in [-0.1, -0.05) is 12.1 Å². The van der Waals surface area contributed by atoms with Gasteiger partial charge in [0.15, 0.2) is 5.82 Å². The number of esters is 1. The Hall–Kier alpha value is -2.74. The van der Waals surface area contributed by atoms with Crippen molar-refractivity contribution in [3.05, 3.63) is 41.2 Å². The van der Waals surface area contributed by atoms with E-state index in [4.69, 9.17) is 10.5 Å². The number of ether oxygens (including phenoxy) is 1. The van der Waals surface area contributed by atoms with E-state index in [1.54, 1.807) is 17.0 Å². The number of rotatable bonds is 6. The van der Waals surface area contributed by atoms with Gasteiger partial charge in [-0.15, -0.1) is 0 Å². The third kappa shape index (κ3) is 4.63. The number of carbonyl (C=O) groups excluding carboxylic acids is 1. The van der Waals surface area contributed by atoms with Crippen LogP contribution in [-0.4, -0.2) is 54.1 Å².